The Morgan fingerprint density at radius 3 is 2.77 bits per heavy atom. The van der Waals surface area contributed by atoms with Crippen LogP contribution in [-0.4, -0.2) is 47.9 Å². The number of likely N-dealkylation sites (tertiary alicyclic amines) is 1. The molecular formula is C18H22N4O3S. The number of piperidine rings is 1. The number of amidine groups is 1. The summed E-state index contributed by atoms with van der Waals surface area (Å²) in [5, 5.41) is 11.6. The maximum Gasteiger partial charge on any atom is 0.310 e. The highest BCUT2D eigenvalue weighted by atomic mass is 32.2. The van der Waals surface area contributed by atoms with Crippen LogP contribution in [0.2, 0.25) is 0 Å². The van der Waals surface area contributed by atoms with Crippen LogP contribution in [0, 0.1) is 17.4 Å². The number of nitriles is 1. The molecule has 1 saturated heterocycles. The fourth-order valence-corrected chi connectivity index (χ4v) is 3.11. The third-order valence-corrected chi connectivity index (χ3v) is 4.61. The van der Waals surface area contributed by atoms with E-state index in [9.17, 15) is 9.59 Å². The summed E-state index contributed by atoms with van der Waals surface area (Å²) >= 11 is 1.33. The molecule has 0 saturated carbocycles. The number of ether oxygens (including phenoxy) is 1. The van der Waals surface area contributed by atoms with Crippen LogP contribution in [0.5, 0.6) is 0 Å². The van der Waals surface area contributed by atoms with Crippen molar-refractivity contribution < 1.29 is 14.3 Å². The lowest BCUT2D eigenvalue weighted by atomic mass is 9.97. The molecule has 1 N–H and O–H groups in total. The van der Waals surface area contributed by atoms with Gasteiger partial charge in [-0.1, -0.05) is 11.8 Å². The number of thioether (sulfide) groups is 1. The van der Waals surface area contributed by atoms with Crippen molar-refractivity contribution in [3.05, 3.63) is 29.8 Å². The van der Waals surface area contributed by atoms with E-state index in [1.54, 1.807) is 36.1 Å². The molecule has 26 heavy (non-hydrogen) atoms. The van der Waals surface area contributed by atoms with E-state index in [4.69, 9.17) is 10.00 Å². The second kappa shape index (κ2) is 9.82. The van der Waals surface area contributed by atoms with Crippen molar-refractivity contribution in [2.75, 3.05) is 26.0 Å². The maximum absolute atomic E-state index is 12.7. The number of nitrogens with one attached hydrogen (secondary N) is 1. The van der Waals surface area contributed by atoms with Crippen LogP contribution < -0.4 is 5.32 Å². The molecule has 1 aliphatic heterocycles. The first-order chi connectivity index (χ1) is 12.6. The van der Waals surface area contributed by atoms with Gasteiger partial charge in [-0.2, -0.15) is 5.26 Å². The van der Waals surface area contributed by atoms with E-state index in [2.05, 4.69) is 10.3 Å². The predicted molar refractivity (Wildman–Crippen MR) is 101 cm³/mol. The predicted octanol–water partition coefficient (Wildman–Crippen LogP) is 2.52. The fourth-order valence-electron chi connectivity index (χ4n) is 2.76. The Kier molecular flexibility index (Phi) is 7.48. The standard InChI is InChI=1S/C18H22N4O3S/c1-3-25-17(24)14-5-4-10-22(11-14)16(23)13-6-8-15(9-7-13)21-18(26-2)20-12-19/h6-9,14H,3-5,10-11H2,1-2H3,(H,20,21). The highest BCUT2D eigenvalue weighted by Gasteiger charge is 2.29. The van der Waals surface area contributed by atoms with E-state index in [0.29, 0.717) is 36.1 Å². The number of nitrogens with zero attached hydrogens (tertiary/aromatic N) is 3. The topological polar surface area (TPSA) is 94.8 Å². The van der Waals surface area contributed by atoms with Crippen molar-refractivity contribution in [2.24, 2.45) is 10.9 Å². The molecule has 7 nitrogen and oxygen atoms in total. The van der Waals surface area contributed by atoms with Gasteiger partial charge >= 0.3 is 5.97 Å². The van der Waals surface area contributed by atoms with Crippen LogP contribution >= 0.6 is 11.8 Å². The van der Waals surface area contributed by atoms with Gasteiger partial charge in [0.1, 0.15) is 0 Å². The van der Waals surface area contributed by atoms with E-state index in [0.717, 1.165) is 12.8 Å². The van der Waals surface area contributed by atoms with Crippen molar-refractivity contribution >= 4 is 34.5 Å². The molecule has 0 bridgehead atoms. The molecule has 138 valence electrons. The van der Waals surface area contributed by atoms with Crippen molar-refractivity contribution in [3.8, 4) is 6.19 Å². The Morgan fingerprint density at radius 1 is 1.42 bits per heavy atom. The average Bonchev–Trinajstić information content (AvgIpc) is 2.68. The van der Waals surface area contributed by atoms with Gasteiger partial charge < -0.3 is 9.64 Å². The Bertz CT molecular complexity index is 712. The summed E-state index contributed by atoms with van der Waals surface area (Å²) in [6.45, 7) is 3.16. The monoisotopic (exact) mass is 374 g/mol. The molecule has 2 rings (SSSR count). The van der Waals surface area contributed by atoms with Gasteiger partial charge in [-0.15, -0.1) is 0 Å². The van der Waals surface area contributed by atoms with E-state index in [-0.39, 0.29) is 17.8 Å². The lowest BCUT2D eigenvalue weighted by Gasteiger charge is -2.31. The molecule has 1 aliphatic rings. The number of hydrogen-bond donors (Lipinski definition) is 1. The van der Waals surface area contributed by atoms with Crippen molar-refractivity contribution in [1.82, 2.24) is 10.2 Å². The summed E-state index contributed by atoms with van der Waals surface area (Å²) in [7, 11) is 0. The summed E-state index contributed by atoms with van der Waals surface area (Å²) in [6, 6.07) is 6.88. The molecule has 1 fully saturated rings. The van der Waals surface area contributed by atoms with Crippen molar-refractivity contribution in [3.63, 3.8) is 0 Å². The lowest BCUT2D eigenvalue weighted by Crippen LogP contribution is -2.42. The van der Waals surface area contributed by atoms with Gasteiger partial charge in [0, 0.05) is 18.7 Å². The molecule has 8 heteroatoms. The summed E-state index contributed by atoms with van der Waals surface area (Å²) < 4.78 is 5.08. The second-order valence-corrected chi connectivity index (χ2v) is 6.54. The highest BCUT2D eigenvalue weighted by Crippen LogP contribution is 2.21. The van der Waals surface area contributed by atoms with E-state index in [1.165, 1.54) is 11.8 Å². The third kappa shape index (κ3) is 5.23. The molecule has 0 aliphatic carbocycles. The Balaban J connectivity index is 2.05. The molecular weight excluding hydrogens is 352 g/mol. The summed E-state index contributed by atoms with van der Waals surface area (Å²) in [5.41, 5.74) is 1.20. The third-order valence-electron chi connectivity index (χ3n) is 4.03. The summed E-state index contributed by atoms with van der Waals surface area (Å²) in [4.78, 5) is 30.6. The Morgan fingerprint density at radius 2 is 2.15 bits per heavy atom. The molecule has 0 radical (unpaired) electrons. The Hall–Kier alpha value is -2.53. The maximum atomic E-state index is 12.7. The van der Waals surface area contributed by atoms with E-state index >= 15 is 0 Å². The van der Waals surface area contributed by atoms with Crippen LogP contribution in [0.15, 0.2) is 29.3 Å². The second-order valence-electron chi connectivity index (χ2n) is 5.75. The van der Waals surface area contributed by atoms with Gasteiger partial charge in [0.05, 0.1) is 18.2 Å². The first-order valence-corrected chi connectivity index (χ1v) is 9.65. The SMILES string of the molecule is CCOC(=O)C1CCCN(C(=O)c2ccc(N=C(NC#N)SC)cc2)C1. The van der Waals surface area contributed by atoms with Crippen molar-refractivity contribution in [1.29, 1.82) is 5.26 Å². The van der Waals surface area contributed by atoms with Crippen LogP contribution in [-0.2, 0) is 9.53 Å². The summed E-state index contributed by atoms with van der Waals surface area (Å²) in [6.07, 6.45) is 5.19. The number of aliphatic imine (C=N–C) groups is 1. The molecule has 1 atom stereocenters. The lowest BCUT2D eigenvalue weighted by molar-refractivity contribution is -0.149. The van der Waals surface area contributed by atoms with Crippen LogP contribution in [0.3, 0.4) is 0 Å². The van der Waals surface area contributed by atoms with Gasteiger partial charge in [-0.05, 0) is 50.3 Å². The zero-order chi connectivity index (χ0) is 18.9. The van der Waals surface area contributed by atoms with Gasteiger partial charge in [0.25, 0.3) is 5.91 Å². The first kappa shape index (κ1) is 19.8. The molecule has 0 aromatic heterocycles. The minimum absolute atomic E-state index is 0.102. The molecule has 1 aromatic carbocycles. The minimum atomic E-state index is -0.252. The van der Waals surface area contributed by atoms with E-state index in [1.807, 2.05) is 12.4 Å². The van der Waals surface area contributed by atoms with Gasteiger partial charge in [0.15, 0.2) is 11.4 Å². The molecule has 1 heterocycles. The number of amides is 1. The van der Waals surface area contributed by atoms with Gasteiger partial charge in [-0.25, -0.2) is 4.99 Å². The van der Waals surface area contributed by atoms with Crippen LogP contribution in [0.4, 0.5) is 5.69 Å². The van der Waals surface area contributed by atoms with Crippen LogP contribution in [0.25, 0.3) is 0 Å². The minimum Gasteiger partial charge on any atom is -0.466 e. The molecule has 1 amide bonds. The van der Waals surface area contributed by atoms with Crippen molar-refractivity contribution in [2.45, 2.75) is 19.8 Å². The highest BCUT2D eigenvalue weighted by molar-refractivity contribution is 8.13. The first-order valence-electron chi connectivity index (χ1n) is 8.42. The molecule has 1 aromatic rings. The van der Waals surface area contributed by atoms with E-state index < -0.39 is 0 Å². The van der Waals surface area contributed by atoms with Crippen LogP contribution in [0.1, 0.15) is 30.1 Å². The van der Waals surface area contributed by atoms with Gasteiger partial charge in [0.2, 0.25) is 0 Å². The number of carbonyl (C=O) groups is 2. The largest absolute Gasteiger partial charge is 0.466 e. The Labute approximate surface area is 157 Å². The number of carbonyl (C=O) groups excluding carboxylic acids is 2. The number of esters is 1. The smallest absolute Gasteiger partial charge is 0.310 e. The number of rotatable bonds is 4. The zero-order valence-corrected chi connectivity index (χ0v) is 15.7. The normalized spacial score (nSPS) is 17.3. The molecule has 0 spiro atoms. The van der Waals surface area contributed by atoms with Gasteiger partial charge in [-0.3, -0.25) is 14.9 Å². The number of hydrogen-bond acceptors (Lipinski definition) is 6. The molecule has 1 unspecified atom stereocenters. The fraction of sp³-hybridized carbons (Fsp3) is 0.444. The average molecular weight is 374 g/mol. The number of benzene rings is 1. The quantitative estimate of drug-likeness (QED) is 0.286. The zero-order valence-electron chi connectivity index (χ0n) is 14.9. The summed E-state index contributed by atoms with van der Waals surface area (Å²) in [5.74, 6) is -0.586.